The van der Waals surface area contributed by atoms with Crippen LogP contribution in [0.25, 0.3) is 0 Å². The van der Waals surface area contributed by atoms with Gasteiger partial charge in [0.2, 0.25) is 0 Å². The number of nitrogens with zero attached hydrogens (tertiary/aromatic N) is 2. The summed E-state index contributed by atoms with van der Waals surface area (Å²) in [6.45, 7) is 4.37. The highest BCUT2D eigenvalue weighted by molar-refractivity contribution is 6.31. The number of halogens is 1. The Morgan fingerprint density at radius 2 is 1.82 bits per heavy atom. The number of benzene rings is 2. The molecule has 4 nitrogen and oxygen atoms in total. The third-order valence-corrected chi connectivity index (χ3v) is 4.91. The molecule has 0 N–H and O–H groups in total. The standard InChI is InChI=1S/C23H23ClN2O2/c1-3-18-7-9-19(10-8-18)15-26(22-6-4-5-13-25-22)23(27)16-28-20-11-12-21(24)17(2)14-20/h4-14H,3,15-16H2,1-2H3. The number of ether oxygens (including phenoxy) is 1. The van der Waals surface area contributed by atoms with Gasteiger partial charge in [0.15, 0.2) is 6.61 Å². The summed E-state index contributed by atoms with van der Waals surface area (Å²) in [5.41, 5.74) is 3.21. The second kappa shape index (κ2) is 9.38. The number of hydrogen-bond acceptors (Lipinski definition) is 3. The van der Waals surface area contributed by atoms with Crippen molar-refractivity contribution in [1.82, 2.24) is 4.98 Å². The first kappa shape index (κ1) is 19.9. The maximum absolute atomic E-state index is 12.9. The van der Waals surface area contributed by atoms with Crippen molar-refractivity contribution >= 4 is 23.3 Å². The third kappa shape index (κ3) is 5.11. The second-order valence-electron chi connectivity index (χ2n) is 6.54. The molecule has 144 valence electrons. The minimum absolute atomic E-state index is 0.0787. The van der Waals surface area contributed by atoms with Crippen molar-refractivity contribution in [2.24, 2.45) is 0 Å². The fourth-order valence-corrected chi connectivity index (χ4v) is 2.92. The monoisotopic (exact) mass is 394 g/mol. The van der Waals surface area contributed by atoms with Crippen LogP contribution in [0.3, 0.4) is 0 Å². The van der Waals surface area contributed by atoms with E-state index in [9.17, 15) is 4.79 Å². The van der Waals surface area contributed by atoms with Gasteiger partial charge in [0.1, 0.15) is 11.6 Å². The van der Waals surface area contributed by atoms with Crippen molar-refractivity contribution < 1.29 is 9.53 Å². The fourth-order valence-electron chi connectivity index (χ4n) is 2.80. The highest BCUT2D eigenvalue weighted by atomic mass is 35.5. The van der Waals surface area contributed by atoms with E-state index in [1.807, 2.05) is 43.3 Å². The van der Waals surface area contributed by atoms with E-state index >= 15 is 0 Å². The first-order valence-corrected chi connectivity index (χ1v) is 9.62. The Morgan fingerprint density at radius 3 is 2.46 bits per heavy atom. The number of pyridine rings is 1. The van der Waals surface area contributed by atoms with Crippen LogP contribution in [-0.4, -0.2) is 17.5 Å². The lowest BCUT2D eigenvalue weighted by Crippen LogP contribution is -2.35. The summed E-state index contributed by atoms with van der Waals surface area (Å²) in [7, 11) is 0. The van der Waals surface area contributed by atoms with Gasteiger partial charge in [-0.05, 0) is 60.4 Å². The lowest BCUT2D eigenvalue weighted by atomic mass is 10.1. The lowest BCUT2D eigenvalue weighted by molar-refractivity contribution is -0.120. The smallest absolute Gasteiger partial charge is 0.266 e. The molecule has 0 atom stereocenters. The van der Waals surface area contributed by atoms with Crippen LogP contribution in [-0.2, 0) is 17.8 Å². The number of amides is 1. The Bertz CT molecular complexity index is 927. The number of aryl methyl sites for hydroxylation is 2. The van der Waals surface area contributed by atoms with Crippen molar-refractivity contribution in [3.8, 4) is 5.75 Å². The Kier molecular flexibility index (Phi) is 6.66. The zero-order chi connectivity index (χ0) is 19.9. The third-order valence-electron chi connectivity index (χ3n) is 4.49. The van der Waals surface area contributed by atoms with Gasteiger partial charge in [-0.3, -0.25) is 9.69 Å². The molecule has 0 fully saturated rings. The first-order chi connectivity index (χ1) is 13.6. The Hall–Kier alpha value is -2.85. The quantitative estimate of drug-likeness (QED) is 0.551. The van der Waals surface area contributed by atoms with Crippen LogP contribution in [0.15, 0.2) is 66.9 Å². The number of carbonyl (C=O) groups excluding carboxylic acids is 1. The molecule has 0 aliphatic rings. The molecule has 5 heteroatoms. The first-order valence-electron chi connectivity index (χ1n) is 9.25. The Balaban J connectivity index is 1.75. The fraction of sp³-hybridized carbons (Fsp3) is 0.217. The molecule has 0 radical (unpaired) electrons. The molecular weight excluding hydrogens is 372 g/mol. The van der Waals surface area contributed by atoms with E-state index < -0.39 is 0 Å². The molecule has 0 saturated heterocycles. The summed E-state index contributed by atoms with van der Waals surface area (Å²) in [6, 6.07) is 19.1. The van der Waals surface area contributed by atoms with E-state index in [0.717, 1.165) is 17.5 Å². The molecule has 0 saturated carbocycles. The maximum Gasteiger partial charge on any atom is 0.266 e. The van der Waals surface area contributed by atoms with Crippen molar-refractivity contribution in [1.29, 1.82) is 0 Å². The Labute approximate surface area is 170 Å². The average Bonchev–Trinajstić information content (AvgIpc) is 2.73. The van der Waals surface area contributed by atoms with Gasteiger partial charge in [-0.15, -0.1) is 0 Å². The SMILES string of the molecule is CCc1ccc(CN(C(=O)COc2ccc(Cl)c(C)c2)c2ccccn2)cc1. The molecule has 0 aliphatic heterocycles. The van der Waals surface area contributed by atoms with Crippen LogP contribution in [0.1, 0.15) is 23.6 Å². The van der Waals surface area contributed by atoms with Crippen LogP contribution in [0, 0.1) is 6.92 Å². The van der Waals surface area contributed by atoms with E-state index in [4.69, 9.17) is 16.3 Å². The number of hydrogen-bond donors (Lipinski definition) is 0. The normalized spacial score (nSPS) is 10.5. The topological polar surface area (TPSA) is 42.4 Å². The van der Waals surface area contributed by atoms with Crippen LogP contribution >= 0.6 is 11.6 Å². The van der Waals surface area contributed by atoms with Gasteiger partial charge in [0, 0.05) is 11.2 Å². The zero-order valence-corrected chi connectivity index (χ0v) is 16.8. The molecule has 1 amide bonds. The predicted octanol–water partition coefficient (Wildman–Crippen LogP) is 5.22. The van der Waals surface area contributed by atoms with Gasteiger partial charge < -0.3 is 4.74 Å². The average molecular weight is 395 g/mol. The van der Waals surface area contributed by atoms with Gasteiger partial charge in [0.25, 0.3) is 5.91 Å². The predicted molar refractivity (Wildman–Crippen MR) is 113 cm³/mol. The molecule has 0 unspecified atom stereocenters. The maximum atomic E-state index is 12.9. The summed E-state index contributed by atoms with van der Waals surface area (Å²) >= 11 is 6.05. The van der Waals surface area contributed by atoms with Gasteiger partial charge >= 0.3 is 0 Å². The molecule has 1 aromatic heterocycles. The molecule has 2 aromatic carbocycles. The van der Waals surface area contributed by atoms with Crippen molar-refractivity contribution in [3.05, 3.63) is 88.6 Å². The minimum Gasteiger partial charge on any atom is -0.484 e. The van der Waals surface area contributed by atoms with E-state index in [1.165, 1.54) is 5.56 Å². The molecule has 1 heterocycles. The largest absolute Gasteiger partial charge is 0.484 e. The van der Waals surface area contributed by atoms with E-state index in [-0.39, 0.29) is 12.5 Å². The van der Waals surface area contributed by atoms with E-state index in [0.29, 0.717) is 23.1 Å². The molecule has 0 bridgehead atoms. The van der Waals surface area contributed by atoms with Crippen molar-refractivity contribution in [2.45, 2.75) is 26.8 Å². The Morgan fingerprint density at radius 1 is 1.07 bits per heavy atom. The van der Waals surface area contributed by atoms with Crippen LogP contribution in [0.4, 0.5) is 5.82 Å². The molecule has 3 aromatic rings. The minimum atomic E-state index is -0.161. The van der Waals surface area contributed by atoms with Crippen molar-refractivity contribution in [3.63, 3.8) is 0 Å². The lowest BCUT2D eigenvalue weighted by Gasteiger charge is -2.22. The van der Waals surface area contributed by atoms with Gasteiger partial charge in [-0.1, -0.05) is 48.9 Å². The van der Waals surface area contributed by atoms with Crippen LogP contribution in [0.5, 0.6) is 5.75 Å². The molecule has 28 heavy (non-hydrogen) atoms. The summed E-state index contributed by atoms with van der Waals surface area (Å²) < 4.78 is 5.70. The van der Waals surface area contributed by atoms with E-state index in [2.05, 4.69) is 24.0 Å². The van der Waals surface area contributed by atoms with Crippen molar-refractivity contribution in [2.75, 3.05) is 11.5 Å². The van der Waals surface area contributed by atoms with Gasteiger partial charge in [-0.2, -0.15) is 0 Å². The van der Waals surface area contributed by atoms with Gasteiger partial charge in [-0.25, -0.2) is 4.98 Å². The molecule has 0 spiro atoms. The summed E-state index contributed by atoms with van der Waals surface area (Å²) in [5, 5.41) is 0.671. The van der Waals surface area contributed by atoms with Gasteiger partial charge in [0.05, 0.1) is 6.54 Å². The summed E-state index contributed by atoms with van der Waals surface area (Å²) in [6.07, 6.45) is 2.66. The number of carbonyl (C=O) groups is 1. The molecule has 3 rings (SSSR count). The van der Waals surface area contributed by atoms with Crippen LogP contribution < -0.4 is 9.64 Å². The van der Waals surface area contributed by atoms with E-state index in [1.54, 1.807) is 23.2 Å². The zero-order valence-electron chi connectivity index (χ0n) is 16.1. The molecule has 0 aliphatic carbocycles. The number of aromatic nitrogens is 1. The molecular formula is C23H23ClN2O2. The number of anilines is 1. The second-order valence-corrected chi connectivity index (χ2v) is 6.94. The number of rotatable bonds is 7. The highest BCUT2D eigenvalue weighted by Crippen LogP contribution is 2.21. The summed E-state index contributed by atoms with van der Waals surface area (Å²) in [4.78, 5) is 18.9. The van der Waals surface area contributed by atoms with Crippen LogP contribution in [0.2, 0.25) is 5.02 Å². The highest BCUT2D eigenvalue weighted by Gasteiger charge is 2.18. The summed E-state index contributed by atoms with van der Waals surface area (Å²) in [5.74, 6) is 1.05.